The minimum absolute atomic E-state index is 0.0777. The van der Waals surface area contributed by atoms with Gasteiger partial charge in [-0.2, -0.15) is 0 Å². The van der Waals surface area contributed by atoms with Crippen molar-refractivity contribution >= 4 is 21.6 Å². The third-order valence-corrected chi connectivity index (χ3v) is 5.23. The summed E-state index contributed by atoms with van der Waals surface area (Å²) in [7, 11) is -3.58. The van der Waals surface area contributed by atoms with Crippen LogP contribution in [0.1, 0.15) is 17.0 Å². The standard InChI is InChI=1S/C17H16ClN3O3S/c1-12-6-2-4-8-14(12)17-21-20-16(24-17)10-19-25(22,23)11-13-7-3-5-9-15(13)18/h2-9,19H,10-11H2,1H3. The van der Waals surface area contributed by atoms with E-state index in [4.69, 9.17) is 16.0 Å². The summed E-state index contributed by atoms with van der Waals surface area (Å²) >= 11 is 6.00. The Morgan fingerprint density at radius 1 is 1.08 bits per heavy atom. The Bertz CT molecular complexity index is 986. The van der Waals surface area contributed by atoms with E-state index in [1.165, 1.54) is 0 Å². The molecule has 8 heteroatoms. The predicted molar refractivity (Wildman–Crippen MR) is 95.4 cm³/mol. The molecule has 0 saturated heterocycles. The molecule has 0 fully saturated rings. The maximum Gasteiger partial charge on any atom is 0.248 e. The highest BCUT2D eigenvalue weighted by Gasteiger charge is 2.16. The molecule has 1 heterocycles. The van der Waals surface area contributed by atoms with Gasteiger partial charge in [0.2, 0.25) is 21.8 Å². The van der Waals surface area contributed by atoms with E-state index < -0.39 is 10.0 Å². The van der Waals surface area contributed by atoms with E-state index >= 15 is 0 Å². The van der Waals surface area contributed by atoms with E-state index in [1.807, 2.05) is 31.2 Å². The summed E-state index contributed by atoms with van der Waals surface area (Å²) in [6, 6.07) is 14.4. The average Bonchev–Trinajstić information content (AvgIpc) is 3.04. The molecule has 0 spiro atoms. The van der Waals surface area contributed by atoms with Gasteiger partial charge in [-0.1, -0.05) is 48.0 Å². The molecular formula is C17H16ClN3O3S. The molecule has 0 aliphatic carbocycles. The van der Waals surface area contributed by atoms with Gasteiger partial charge in [-0.15, -0.1) is 10.2 Å². The predicted octanol–water partition coefficient (Wildman–Crippen LogP) is 3.32. The van der Waals surface area contributed by atoms with Crippen molar-refractivity contribution in [2.75, 3.05) is 0 Å². The van der Waals surface area contributed by atoms with E-state index in [0.717, 1.165) is 11.1 Å². The van der Waals surface area contributed by atoms with Crippen molar-refractivity contribution in [3.05, 3.63) is 70.6 Å². The monoisotopic (exact) mass is 377 g/mol. The molecule has 0 radical (unpaired) electrons. The van der Waals surface area contributed by atoms with Crippen LogP contribution in [0, 0.1) is 6.92 Å². The van der Waals surface area contributed by atoms with Gasteiger partial charge in [0.05, 0.1) is 12.3 Å². The number of aryl methyl sites for hydroxylation is 1. The van der Waals surface area contributed by atoms with Crippen molar-refractivity contribution in [2.24, 2.45) is 0 Å². The third kappa shape index (κ3) is 4.45. The summed E-state index contributed by atoms with van der Waals surface area (Å²) in [6.07, 6.45) is 0. The SMILES string of the molecule is Cc1ccccc1-c1nnc(CNS(=O)(=O)Cc2ccccc2Cl)o1. The summed E-state index contributed by atoms with van der Waals surface area (Å²) in [5.74, 6) is 0.338. The van der Waals surface area contributed by atoms with Gasteiger partial charge in [-0.05, 0) is 30.2 Å². The number of hydrogen-bond donors (Lipinski definition) is 1. The van der Waals surface area contributed by atoms with Crippen LogP contribution in [0.15, 0.2) is 52.9 Å². The van der Waals surface area contributed by atoms with Crippen LogP contribution >= 0.6 is 11.6 Å². The van der Waals surface area contributed by atoms with Gasteiger partial charge in [0.25, 0.3) is 0 Å². The molecule has 0 bridgehead atoms. The number of rotatable bonds is 6. The maximum absolute atomic E-state index is 12.2. The molecule has 0 saturated carbocycles. The summed E-state index contributed by atoms with van der Waals surface area (Å²) < 4.78 is 32.4. The van der Waals surface area contributed by atoms with Crippen LogP contribution in [0.2, 0.25) is 5.02 Å². The van der Waals surface area contributed by atoms with Crippen molar-refractivity contribution in [1.29, 1.82) is 0 Å². The second kappa shape index (κ2) is 7.35. The first kappa shape index (κ1) is 17.6. The first-order chi connectivity index (χ1) is 11.9. The first-order valence-electron chi connectivity index (χ1n) is 7.54. The van der Waals surface area contributed by atoms with Crippen molar-refractivity contribution < 1.29 is 12.8 Å². The highest BCUT2D eigenvalue weighted by Crippen LogP contribution is 2.21. The molecule has 0 unspecified atom stereocenters. The molecule has 130 valence electrons. The van der Waals surface area contributed by atoms with Gasteiger partial charge in [0, 0.05) is 10.6 Å². The quantitative estimate of drug-likeness (QED) is 0.712. The minimum atomic E-state index is -3.58. The molecule has 3 aromatic rings. The van der Waals surface area contributed by atoms with Crippen molar-refractivity contribution in [2.45, 2.75) is 19.2 Å². The van der Waals surface area contributed by atoms with Crippen LogP contribution in [-0.2, 0) is 22.3 Å². The fourth-order valence-electron chi connectivity index (χ4n) is 2.29. The van der Waals surface area contributed by atoms with Gasteiger partial charge >= 0.3 is 0 Å². The summed E-state index contributed by atoms with van der Waals surface area (Å²) in [5.41, 5.74) is 2.35. The zero-order valence-corrected chi connectivity index (χ0v) is 15.0. The Morgan fingerprint density at radius 2 is 1.80 bits per heavy atom. The van der Waals surface area contributed by atoms with Gasteiger partial charge in [-0.3, -0.25) is 0 Å². The van der Waals surface area contributed by atoms with Crippen molar-refractivity contribution in [3.8, 4) is 11.5 Å². The lowest BCUT2D eigenvalue weighted by atomic mass is 10.1. The van der Waals surface area contributed by atoms with E-state index in [9.17, 15) is 8.42 Å². The molecule has 1 N–H and O–H groups in total. The molecule has 1 aromatic heterocycles. The average molecular weight is 378 g/mol. The van der Waals surface area contributed by atoms with Crippen molar-refractivity contribution in [3.63, 3.8) is 0 Å². The van der Waals surface area contributed by atoms with Crippen LogP contribution in [0.25, 0.3) is 11.5 Å². The Morgan fingerprint density at radius 3 is 2.56 bits per heavy atom. The lowest BCUT2D eigenvalue weighted by Gasteiger charge is -2.06. The fourth-order valence-corrected chi connectivity index (χ4v) is 3.68. The summed E-state index contributed by atoms with van der Waals surface area (Å²) in [4.78, 5) is 0. The smallest absolute Gasteiger partial charge is 0.248 e. The summed E-state index contributed by atoms with van der Waals surface area (Å²) in [6.45, 7) is 1.86. The second-order valence-electron chi connectivity index (χ2n) is 5.49. The van der Waals surface area contributed by atoms with Gasteiger partial charge < -0.3 is 4.42 Å². The highest BCUT2D eigenvalue weighted by atomic mass is 35.5. The Hall–Kier alpha value is -2.22. The molecule has 0 amide bonds. The number of nitrogens with zero attached hydrogens (tertiary/aromatic N) is 2. The molecule has 6 nitrogen and oxygen atoms in total. The van der Waals surface area contributed by atoms with E-state index in [-0.39, 0.29) is 18.2 Å². The third-order valence-electron chi connectivity index (χ3n) is 3.59. The number of hydrogen-bond acceptors (Lipinski definition) is 5. The van der Waals surface area contributed by atoms with Gasteiger partial charge in [0.1, 0.15) is 0 Å². The van der Waals surface area contributed by atoms with Gasteiger partial charge in [0.15, 0.2) is 0 Å². The van der Waals surface area contributed by atoms with E-state index in [0.29, 0.717) is 16.5 Å². The number of benzene rings is 2. The Labute approximate surface area is 150 Å². The normalized spacial score (nSPS) is 11.6. The molecule has 3 rings (SSSR count). The molecular weight excluding hydrogens is 362 g/mol. The number of halogens is 1. The van der Waals surface area contributed by atoms with Crippen LogP contribution in [0.3, 0.4) is 0 Å². The molecule has 0 aliphatic rings. The first-order valence-corrected chi connectivity index (χ1v) is 9.57. The van der Waals surface area contributed by atoms with Crippen LogP contribution < -0.4 is 4.72 Å². The van der Waals surface area contributed by atoms with Crippen molar-refractivity contribution in [1.82, 2.24) is 14.9 Å². The number of aromatic nitrogens is 2. The van der Waals surface area contributed by atoms with Gasteiger partial charge in [-0.25, -0.2) is 13.1 Å². The summed E-state index contributed by atoms with van der Waals surface area (Å²) in [5, 5.41) is 8.27. The molecule has 2 aromatic carbocycles. The van der Waals surface area contributed by atoms with E-state index in [1.54, 1.807) is 24.3 Å². The Balaban J connectivity index is 1.68. The van der Waals surface area contributed by atoms with Crippen LogP contribution in [0.4, 0.5) is 0 Å². The highest BCUT2D eigenvalue weighted by molar-refractivity contribution is 7.88. The fraction of sp³-hybridized carbons (Fsp3) is 0.176. The number of sulfonamides is 1. The number of nitrogens with one attached hydrogen (secondary N) is 1. The lowest BCUT2D eigenvalue weighted by molar-refractivity contribution is 0.494. The van der Waals surface area contributed by atoms with Crippen LogP contribution in [0.5, 0.6) is 0 Å². The van der Waals surface area contributed by atoms with Crippen LogP contribution in [-0.4, -0.2) is 18.6 Å². The largest absolute Gasteiger partial charge is 0.419 e. The zero-order chi connectivity index (χ0) is 17.9. The second-order valence-corrected chi connectivity index (χ2v) is 7.70. The topological polar surface area (TPSA) is 85.1 Å². The Kier molecular flexibility index (Phi) is 5.17. The zero-order valence-electron chi connectivity index (χ0n) is 13.4. The minimum Gasteiger partial charge on any atom is -0.419 e. The van der Waals surface area contributed by atoms with E-state index in [2.05, 4.69) is 14.9 Å². The molecule has 0 aliphatic heterocycles. The molecule has 0 atom stereocenters. The maximum atomic E-state index is 12.2. The lowest BCUT2D eigenvalue weighted by Crippen LogP contribution is -2.25. The molecule has 25 heavy (non-hydrogen) atoms.